The summed E-state index contributed by atoms with van der Waals surface area (Å²) in [6, 6.07) is 0. The summed E-state index contributed by atoms with van der Waals surface area (Å²) in [5, 5.41) is 0. The third kappa shape index (κ3) is 1.78. The molecule has 0 aromatic rings. The molecule has 0 aromatic heterocycles. The number of fused-ring (bicyclic) bond motifs is 1. The highest BCUT2D eigenvalue weighted by Gasteiger charge is 2.55. The van der Waals surface area contributed by atoms with Crippen LogP contribution in [-0.4, -0.2) is 36.9 Å². The van der Waals surface area contributed by atoms with Gasteiger partial charge in [-0.25, -0.2) is 0 Å². The largest absolute Gasteiger partial charge is 0.456 e. The lowest BCUT2D eigenvalue weighted by molar-refractivity contribution is -0.284. The Labute approximate surface area is 105 Å². The van der Waals surface area contributed by atoms with Crippen LogP contribution in [0.1, 0.15) is 26.2 Å². The highest BCUT2D eigenvalue weighted by molar-refractivity contribution is 5.93. The molecule has 18 heavy (non-hydrogen) atoms. The van der Waals surface area contributed by atoms with Gasteiger partial charge in [0.25, 0.3) is 0 Å². The first-order valence-corrected chi connectivity index (χ1v) is 6.29. The number of rotatable bonds is 1. The molecule has 3 rings (SSSR count). The Kier molecular flexibility index (Phi) is 2.75. The van der Waals surface area contributed by atoms with Crippen molar-refractivity contribution in [3.63, 3.8) is 0 Å². The van der Waals surface area contributed by atoms with Gasteiger partial charge in [0, 0.05) is 25.7 Å². The van der Waals surface area contributed by atoms with Crippen molar-refractivity contribution in [3.8, 4) is 0 Å². The predicted octanol–water partition coefficient (Wildman–Crippen LogP) is 0.970. The summed E-state index contributed by atoms with van der Waals surface area (Å²) in [5.74, 6) is -1.20. The van der Waals surface area contributed by atoms with Crippen molar-refractivity contribution in [3.05, 3.63) is 11.6 Å². The zero-order valence-corrected chi connectivity index (χ0v) is 10.3. The lowest BCUT2D eigenvalue weighted by Crippen LogP contribution is -2.54. The standard InChI is InChI=1S/C13H16O5/c1-8(14)18-12-11-6-10(15)5-9(11)7-17-13(12)3-2-4-16-13/h5,11-12H,2-4,6-7H2,1H3/t11-,12-,13-/m0/s1. The summed E-state index contributed by atoms with van der Waals surface area (Å²) in [6.45, 7) is 2.38. The highest BCUT2D eigenvalue weighted by Crippen LogP contribution is 2.45. The molecule has 5 heteroatoms. The summed E-state index contributed by atoms with van der Waals surface area (Å²) in [7, 11) is 0. The quantitative estimate of drug-likeness (QED) is 0.651. The van der Waals surface area contributed by atoms with E-state index in [9.17, 15) is 9.59 Å². The number of hydrogen-bond acceptors (Lipinski definition) is 5. The van der Waals surface area contributed by atoms with Crippen LogP contribution < -0.4 is 0 Å². The molecule has 2 saturated heterocycles. The van der Waals surface area contributed by atoms with Crippen LogP contribution in [0.3, 0.4) is 0 Å². The van der Waals surface area contributed by atoms with Crippen molar-refractivity contribution >= 4 is 11.8 Å². The van der Waals surface area contributed by atoms with Crippen molar-refractivity contribution in [2.45, 2.75) is 38.1 Å². The Morgan fingerprint density at radius 3 is 3.00 bits per heavy atom. The molecule has 98 valence electrons. The van der Waals surface area contributed by atoms with Crippen molar-refractivity contribution < 1.29 is 23.8 Å². The summed E-state index contributed by atoms with van der Waals surface area (Å²) in [4.78, 5) is 22.8. The smallest absolute Gasteiger partial charge is 0.303 e. The molecule has 1 spiro atoms. The van der Waals surface area contributed by atoms with Gasteiger partial charge in [-0.1, -0.05) is 0 Å². The van der Waals surface area contributed by atoms with E-state index in [0.29, 0.717) is 26.1 Å². The Hall–Kier alpha value is -1.20. The summed E-state index contributed by atoms with van der Waals surface area (Å²) >= 11 is 0. The minimum Gasteiger partial charge on any atom is -0.456 e. The second-order valence-electron chi connectivity index (χ2n) is 5.08. The molecule has 0 saturated carbocycles. The van der Waals surface area contributed by atoms with Crippen LogP contribution in [0, 0.1) is 5.92 Å². The SMILES string of the molecule is CC(=O)O[C@H]1[C@H]2CC(=O)C=C2CO[C@@]12CCCO2. The number of carbonyl (C=O) groups is 2. The Bertz CT molecular complexity index is 419. The van der Waals surface area contributed by atoms with E-state index in [1.54, 1.807) is 6.08 Å². The summed E-state index contributed by atoms with van der Waals surface area (Å²) < 4.78 is 16.9. The molecule has 0 radical (unpaired) electrons. The van der Waals surface area contributed by atoms with E-state index in [4.69, 9.17) is 14.2 Å². The number of ether oxygens (including phenoxy) is 3. The van der Waals surface area contributed by atoms with E-state index >= 15 is 0 Å². The van der Waals surface area contributed by atoms with E-state index < -0.39 is 11.9 Å². The summed E-state index contributed by atoms with van der Waals surface area (Å²) in [5.41, 5.74) is 0.923. The molecule has 3 aliphatic rings. The fourth-order valence-electron chi connectivity index (χ4n) is 3.09. The van der Waals surface area contributed by atoms with E-state index in [0.717, 1.165) is 12.0 Å². The van der Waals surface area contributed by atoms with Gasteiger partial charge in [0.1, 0.15) is 0 Å². The number of allylic oxidation sites excluding steroid dienone is 1. The number of carbonyl (C=O) groups excluding carboxylic acids is 2. The molecule has 1 aliphatic carbocycles. The topological polar surface area (TPSA) is 61.8 Å². The lowest BCUT2D eigenvalue weighted by Gasteiger charge is -2.43. The fraction of sp³-hybridized carbons (Fsp3) is 0.692. The van der Waals surface area contributed by atoms with Gasteiger partial charge < -0.3 is 14.2 Å². The van der Waals surface area contributed by atoms with Crippen LogP contribution in [0.2, 0.25) is 0 Å². The normalized spacial score (nSPS) is 38.7. The maximum absolute atomic E-state index is 11.5. The summed E-state index contributed by atoms with van der Waals surface area (Å²) in [6.07, 6.45) is 3.11. The first kappa shape index (κ1) is 11.9. The molecule has 0 unspecified atom stereocenters. The van der Waals surface area contributed by atoms with Crippen LogP contribution in [-0.2, 0) is 23.8 Å². The Balaban J connectivity index is 1.91. The molecule has 0 N–H and O–H groups in total. The van der Waals surface area contributed by atoms with Crippen LogP contribution >= 0.6 is 0 Å². The molecular weight excluding hydrogens is 236 g/mol. The van der Waals surface area contributed by atoms with Crippen LogP contribution in [0.4, 0.5) is 0 Å². The van der Waals surface area contributed by atoms with Crippen molar-refractivity contribution in [2.24, 2.45) is 5.92 Å². The van der Waals surface area contributed by atoms with E-state index in [1.807, 2.05) is 0 Å². The van der Waals surface area contributed by atoms with Crippen molar-refractivity contribution in [1.82, 2.24) is 0 Å². The maximum Gasteiger partial charge on any atom is 0.303 e. The first-order valence-electron chi connectivity index (χ1n) is 6.29. The fourth-order valence-corrected chi connectivity index (χ4v) is 3.09. The zero-order chi connectivity index (χ0) is 12.8. The first-order chi connectivity index (χ1) is 8.61. The van der Waals surface area contributed by atoms with Gasteiger partial charge in [-0.05, 0) is 18.1 Å². The molecule has 0 bridgehead atoms. The van der Waals surface area contributed by atoms with Gasteiger partial charge in [-0.2, -0.15) is 0 Å². The maximum atomic E-state index is 11.5. The molecule has 2 fully saturated rings. The van der Waals surface area contributed by atoms with E-state index in [1.165, 1.54) is 6.92 Å². The number of hydrogen-bond donors (Lipinski definition) is 0. The minimum atomic E-state index is -0.835. The van der Waals surface area contributed by atoms with Crippen LogP contribution in [0.25, 0.3) is 0 Å². The molecule has 2 heterocycles. The van der Waals surface area contributed by atoms with E-state index in [2.05, 4.69) is 0 Å². The number of ketones is 1. The Morgan fingerprint density at radius 2 is 2.33 bits per heavy atom. The Morgan fingerprint density at radius 1 is 1.50 bits per heavy atom. The second kappa shape index (κ2) is 4.17. The molecule has 2 aliphatic heterocycles. The zero-order valence-electron chi connectivity index (χ0n) is 10.3. The molecule has 5 nitrogen and oxygen atoms in total. The van der Waals surface area contributed by atoms with Gasteiger partial charge in [-0.15, -0.1) is 0 Å². The van der Waals surface area contributed by atoms with Gasteiger partial charge in [-0.3, -0.25) is 9.59 Å². The van der Waals surface area contributed by atoms with Crippen LogP contribution in [0.15, 0.2) is 11.6 Å². The highest BCUT2D eigenvalue weighted by atomic mass is 16.7. The van der Waals surface area contributed by atoms with Gasteiger partial charge >= 0.3 is 5.97 Å². The van der Waals surface area contributed by atoms with Gasteiger partial charge in [0.2, 0.25) is 5.79 Å². The molecule has 0 aromatic carbocycles. The predicted molar refractivity (Wildman–Crippen MR) is 60.6 cm³/mol. The average Bonchev–Trinajstić information content (AvgIpc) is 2.90. The molecular formula is C13H16O5. The third-order valence-corrected chi connectivity index (χ3v) is 3.83. The van der Waals surface area contributed by atoms with Gasteiger partial charge in [0.05, 0.1) is 13.2 Å². The van der Waals surface area contributed by atoms with E-state index in [-0.39, 0.29) is 17.7 Å². The van der Waals surface area contributed by atoms with Crippen molar-refractivity contribution in [2.75, 3.05) is 13.2 Å². The van der Waals surface area contributed by atoms with Crippen molar-refractivity contribution in [1.29, 1.82) is 0 Å². The second-order valence-corrected chi connectivity index (χ2v) is 5.08. The average molecular weight is 252 g/mol. The van der Waals surface area contributed by atoms with Gasteiger partial charge in [0.15, 0.2) is 11.9 Å². The monoisotopic (exact) mass is 252 g/mol. The lowest BCUT2D eigenvalue weighted by atomic mass is 9.85. The molecule has 3 atom stereocenters. The third-order valence-electron chi connectivity index (χ3n) is 3.83. The minimum absolute atomic E-state index is 0.0748. The number of esters is 1. The van der Waals surface area contributed by atoms with Crippen LogP contribution in [0.5, 0.6) is 0 Å². The molecule has 0 amide bonds.